The average Bonchev–Trinajstić information content (AvgIpc) is 2.71. The lowest BCUT2D eigenvalue weighted by Gasteiger charge is -2.35. The lowest BCUT2D eigenvalue weighted by Crippen LogP contribution is -2.48. The second kappa shape index (κ2) is 12.1. The van der Waals surface area contributed by atoms with Crippen LogP contribution in [0.1, 0.15) is 24.2 Å². The summed E-state index contributed by atoms with van der Waals surface area (Å²) in [6.07, 6.45) is -0.809. The van der Waals surface area contributed by atoms with Crippen LogP contribution < -0.4 is 0 Å². The van der Waals surface area contributed by atoms with Crippen LogP contribution in [0.4, 0.5) is 0 Å². The molecule has 3 rings (SSSR count). The molecular weight excluding hydrogens is 431 g/mol. The Balaban J connectivity index is 0.00000300. The molecule has 7 heteroatoms. The molecule has 29 heavy (non-hydrogen) atoms. The lowest BCUT2D eigenvalue weighted by molar-refractivity contribution is -0.0142. The van der Waals surface area contributed by atoms with Crippen molar-refractivity contribution in [1.29, 1.82) is 0 Å². The molecule has 1 fully saturated rings. The van der Waals surface area contributed by atoms with Crippen molar-refractivity contribution in [2.75, 3.05) is 45.9 Å². The zero-order chi connectivity index (χ0) is 19.9. The standard InChI is InChI=1S/C22H28Cl2N2O2.ClH/c1-2-25-11-13-26(14-12-25)15-21(27)16-28-22(17-3-7-19(23)8-4-17)18-5-9-20(24)10-6-18;/h3-10,21-22,27H,2,11-16H2,1H3;1H. The van der Waals surface area contributed by atoms with Crippen LogP contribution in [0.2, 0.25) is 10.0 Å². The zero-order valence-electron chi connectivity index (χ0n) is 16.6. The number of aliphatic hydroxyl groups excluding tert-OH is 1. The Hall–Kier alpha value is -0.850. The van der Waals surface area contributed by atoms with Crippen molar-refractivity contribution in [2.24, 2.45) is 0 Å². The minimum Gasteiger partial charge on any atom is -0.389 e. The average molecular weight is 460 g/mol. The lowest BCUT2D eigenvalue weighted by atomic mass is 10.0. The van der Waals surface area contributed by atoms with Gasteiger partial charge in [0.05, 0.1) is 12.7 Å². The van der Waals surface area contributed by atoms with E-state index in [4.69, 9.17) is 27.9 Å². The Labute approximate surface area is 189 Å². The summed E-state index contributed by atoms with van der Waals surface area (Å²) in [7, 11) is 0. The number of hydrogen-bond acceptors (Lipinski definition) is 4. The molecule has 0 spiro atoms. The van der Waals surface area contributed by atoms with Gasteiger partial charge in [-0.1, -0.05) is 54.4 Å². The van der Waals surface area contributed by atoms with Crippen molar-refractivity contribution < 1.29 is 9.84 Å². The van der Waals surface area contributed by atoms with E-state index in [1.807, 2.05) is 48.5 Å². The summed E-state index contributed by atoms with van der Waals surface area (Å²) >= 11 is 12.1. The van der Waals surface area contributed by atoms with Crippen molar-refractivity contribution in [1.82, 2.24) is 9.80 Å². The van der Waals surface area contributed by atoms with Crippen LogP contribution >= 0.6 is 35.6 Å². The van der Waals surface area contributed by atoms with Gasteiger partial charge >= 0.3 is 0 Å². The van der Waals surface area contributed by atoms with Gasteiger partial charge in [0.1, 0.15) is 6.10 Å². The van der Waals surface area contributed by atoms with Crippen molar-refractivity contribution in [3.05, 3.63) is 69.7 Å². The molecule has 2 aromatic rings. The van der Waals surface area contributed by atoms with E-state index >= 15 is 0 Å². The topological polar surface area (TPSA) is 35.9 Å². The summed E-state index contributed by atoms with van der Waals surface area (Å²) in [6, 6.07) is 15.2. The predicted molar refractivity (Wildman–Crippen MR) is 123 cm³/mol. The molecule has 1 unspecified atom stereocenters. The van der Waals surface area contributed by atoms with Gasteiger partial charge in [-0.3, -0.25) is 4.90 Å². The van der Waals surface area contributed by atoms with E-state index in [1.165, 1.54) is 0 Å². The van der Waals surface area contributed by atoms with E-state index in [9.17, 15) is 5.11 Å². The van der Waals surface area contributed by atoms with Gasteiger partial charge in [-0.2, -0.15) is 0 Å². The molecule has 0 bridgehead atoms. The third-order valence-electron chi connectivity index (χ3n) is 5.18. The number of halogens is 3. The summed E-state index contributed by atoms with van der Waals surface area (Å²) in [4.78, 5) is 4.73. The number of benzene rings is 2. The SMILES string of the molecule is CCN1CCN(CC(O)COC(c2ccc(Cl)cc2)c2ccc(Cl)cc2)CC1.Cl. The fourth-order valence-corrected chi connectivity index (χ4v) is 3.76. The molecule has 1 heterocycles. The van der Waals surface area contributed by atoms with Crippen LogP contribution in [0.25, 0.3) is 0 Å². The second-order valence-electron chi connectivity index (χ2n) is 7.21. The summed E-state index contributed by atoms with van der Waals surface area (Å²) in [5.74, 6) is 0. The van der Waals surface area contributed by atoms with Gasteiger partial charge in [-0.25, -0.2) is 0 Å². The predicted octanol–water partition coefficient (Wildman–Crippen LogP) is 4.52. The molecule has 0 saturated carbocycles. The summed E-state index contributed by atoms with van der Waals surface area (Å²) in [5.41, 5.74) is 1.99. The molecule has 4 nitrogen and oxygen atoms in total. The minimum atomic E-state index is -0.532. The van der Waals surface area contributed by atoms with Crippen LogP contribution in [0.3, 0.4) is 0 Å². The Morgan fingerprint density at radius 3 is 1.76 bits per heavy atom. The van der Waals surface area contributed by atoms with Crippen molar-refractivity contribution in [3.8, 4) is 0 Å². The highest BCUT2D eigenvalue weighted by atomic mass is 35.5. The quantitative estimate of drug-likeness (QED) is 0.629. The highest BCUT2D eigenvalue weighted by Gasteiger charge is 2.21. The Kier molecular flexibility index (Phi) is 10.2. The molecule has 2 aromatic carbocycles. The van der Waals surface area contributed by atoms with E-state index in [1.54, 1.807) is 0 Å². The molecule has 1 saturated heterocycles. The maximum absolute atomic E-state index is 10.5. The largest absolute Gasteiger partial charge is 0.389 e. The Morgan fingerprint density at radius 2 is 1.31 bits per heavy atom. The van der Waals surface area contributed by atoms with Gasteiger partial charge in [-0.05, 0) is 41.9 Å². The monoisotopic (exact) mass is 458 g/mol. The molecule has 1 N–H and O–H groups in total. The van der Waals surface area contributed by atoms with Crippen molar-refractivity contribution in [2.45, 2.75) is 19.1 Å². The third kappa shape index (κ3) is 7.41. The highest BCUT2D eigenvalue weighted by molar-refractivity contribution is 6.30. The fraction of sp³-hybridized carbons (Fsp3) is 0.455. The van der Waals surface area contributed by atoms with E-state index in [0.29, 0.717) is 16.6 Å². The molecule has 1 aliphatic heterocycles. The van der Waals surface area contributed by atoms with Gasteiger partial charge in [0.15, 0.2) is 0 Å². The number of aliphatic hydroxyl groups is 1. The first-order chi connectivity index (χ1) is 13.5. The van der Waals surface area contributed by atoms with Crippen LogP contribution in [0, 0.1) is 0 Å². The summed E-state index contributed by atoms with van der Waals surface area (Å²) in [5, 5.41) is 11.9. The Morgan fingerprint density at radius 1 is 0.862 bits per heavy atom. The number of rotatable bonds is 8. The second-order valence-corrected chi connectivity index (χ2v) is 8.08. The number of nitrogens with zero attached hydrogens (tertiary/aromatic N) is 2. The minimum absolute atomic E-state index is 0. The molecular formula is C22H29Cl3N2O2. The van der Waals surface area contributed by atoms with Crippen molar-refractivity contribution >= 4 is 35.6 Å². The molecule has 0 amide bonds. The molecule has 1 aliphatic rings. The van der Waals surface area contributed by atoms with E-state index in [-0.39, 0.29) is 25.1 Å². The number of likely N-dealkylation sites (N-methyl/N-ethyl adjacent to an activating group) is 1. The maximum Gasteiger partial charge on any atom is 0.108 e. The normalized spacial score (nSPS) is 16.6. The third-order valence-corrected chi connectivity index (χ3v) is 5.69. The van der Waals surface area contributed by atoms with Crippen LogP contribution in [-0.2, 0) is 4.74 Å². The first-order valence-corrected chi connectivity index (χ1v) is 10.6. The van der Waals surface area contributed by atoms with Gasteiger partial charge in [0.25, 0.3) is 0 Å². The number of piperazine rings is 1. The molecule has 0 aliphatic carbocycles. The first-order valence-electron chi connectivity index (χ1n) is 9.80. The van der Waals surface area contributed by atoms with Gasteiger partial charge in [0.2, 0.25) is 0 Å². The maximum atomic E-state index is 10.5. The van der Waals surface area contributed by atoms with E-state index < -0.39 is 6.10 Å². The van der Waals surface area contributed by atoms with Gasteiger partial charge in [0, 0.05) is 42.8 Å². The summed E-state index contributed by atoms with van der Waals surface area (Å²) in [6.45, 7) is 8.26. The smallest absolute Gasteiger partial charge is 0.108 e. The fourth-order valence-electron chi connectivity index (χ4n) is 3.51. The van der Waals surface area contributed by atoms with E-state index in [0.717, 1.165) is 43.9 Å². The molecule has 0 aromatic heterocycles. The number of ether oxygens (including phenoxy) is 1. The van der Waals surface area contributed by atoms with Gasteiger partial charge in [-0.15, -0.1) is 12.4 Å². The molecule has 0 radical (unpaired) electrons. The Bertz CT molecular complexity index is 674. The molecule has 160 valence electrons. The van der Waals surface area contributed by atoms with Crippen LogP contribution in [-0.4, -0.2) is 66.9 Å². The zero-order valence-corrected chi connectivity index (χ0v) is 19.0. The number of hydrogen-bond donors (Lipinski definition) is 1. The van der Waals surface area contributed by atoms with Crippen LogP contribution in [0.15, 0.2) is 48.5 Å². The van der Waals surface area contributed by atoms with E-state index in [2.05, 4.69) is 16.7 Å². The first kappa shape index (κ1) is 24.4. The van der Waals surface area contributed by atoms with Crippen LogP contribution in [0.5, 0.6) is 0 Å². The molecule has 1 atom stereocenters. The summed E-state index contributed by atoms with van der Waals surface area (Å²) < 4.78 is 6.17. The highest BCUT2D eigenvalue weighted by Crippen LogP contribution is 2.28. The van der Waals surface area contributed by atoms with Crippen molar-refractivity contribution in [3.63, 3.8) is 0 Å². The number of β-amino-alcohol motifs (C(OH)–C–C–N with tert-alkyl or cyclic N) is 1. The van der Waals surface area contributed by atoms with Gasteiger partial charge < -0.3 is 14.7 Å².